The van der Waals surface area contributed by atoms with E-state index in [1.54, 1.807) is 6.20 Å². The lowest BCUT2D eigenvalue weighted by Gasteiger charge is -2.10. The number of nitrogens with zero attached hydrogens (tertiary/aromatic N) is 2. The molecular formula is C10H13N3. The van der Waals surface area contributed by atoms with E-state index < -0.39 is 0 Å². The van der Waals surface area contributed by atoms with Gasteiger partial charge in [-0.1, -0.05) is 6.07 Å². The van der Waals surface area contributed by atoms with Crippen molar-refractivity contribution in [2.45, 2.75) is 25.3 Å². The normalized spacial score (nSPS) is 14.5. The predicted octanol–water partition coefficient (Wildman–Crippen LogP) is 1.43. The number of aromatic nitrogens is 1. The van der Waals surface area contributed by atoms with Gasteiger partial charge in [-0.2, -0.15) is 5.26 Å². The fraction of sp³-hybridized carbons (Fsp3) is 0.400. The number of rotatable bonds is 3. The Bertz CT molecular complexity index is 287. The van der Waals surface area contributed by atoms with Crippen LogP contribution in [0.25, 0.3) is 0 Å². The SMILES string of the molecule is CC(N)CC(C#N)c1ccccn1. The monoisotopic (exact) mass is 175 g/mol. The van der Waals surface area contributed by atoms with E-state index in [9.17, 15) is 0 Å². The van der Waals surface area contributed by atoms with Crippen molar-refractivity contribution in [1.29, 1.82) is 5.26 Å². The summed E-state index contributed by atoms with van der Waals surface area (Å²) in [5.41, 5.74) is 6.44. The summed E-state index contributed by atoms with van der Waals surface area (Å²) in [5, 5.41) is 8.88. The summed E-state index contributed by atoms with van der Waals surface area (Å²) in [6.45, 7) is 1.90. The van der Waals surface area contributed by atoms with Gasteiger partial charge in [0.1, 0.15) is 0 Å². The van der Waals surface area contributed by atoms with Gasteiger partial charge in [-0.25, -0.2) is 0 Å². The summed E-state index contributed by atoms with van der Waals surface area (Å²) in [4.78, 5) is 4.12. The minimum Gasteiger partial charge on any atom is -0.328 e. The molecule has 1 rings (SSSR count). The van der Waals surface area contributed by atoms with Crippen LogP contribution in [0.1, 0.15) is 25.0 Å². The molecule has 1 heterocycles. The molecular weight excluding hydrogens is 162 g/mol. The summed E-state index contributed by atoms with van der Waals surface area (Å²) in [5.74, 6) is -0.179. The molecule has 0 amide bonds. The highest BCUT2D eigenvalue weighted by Gasteiger charge is 2.12. The third-order valence-corrected chi connectivity index (χ3v) is 1.81. The Balaban J connectivity index is 2.75. The number of nitrogens with two attached hydrogens (primary N) is 1. The molecule has 1 aromatic rings. The molecule has 3 heteroatoms. The topological polar surface area (TPSA) is 62.7 Å². The van der Waals surface area contributed by atoms with Crippen LogP contribution in [0.15, 0.2) is 24.4 Å². The molecule has 0 saturated heterocycles. The van der Waals surface area contributed by atoms with Gasteiger partial charge in [0.15, 0.2) is 0 Å². The van der Waals surface area contributed by atoms with Gasteiger partial charge in [0.05, 0.1) is 17.7 Å². The lowest BCUT2D eigenvalue weighted by molar-refractivity contribution is 0.617. The summed E-state index contributed by atoms with van der Waals surface area (Å²) in [6, 6.07) is 7.82. The molecule has 2 unspecified atom stereocenters. The van der Waals surface area contributed by atoms with E-state index in [2.05, 4.69) is 11.1 Å². The fourth-order valence-corrected chi connectivity index (χ4v) is 1.19. The standard InChI is InChI=1S/C10H13N3/c1-8(12)6-9(7-11)10-4-2-3-5-13-10/h2-5,8-9H,6,12H2,1H3. The zero-order chi connectivity index (χ0) is 9.68. The first-order valence-electron chi connectivity index (χ1n) is 4.30. The van der Waals surface area contributed by atoms with E-state index >= 15 is 0 Å². The van der Waals surface area contributed by atoms with Crippen molar-refractivity contribution in [2.75, 3.05) is 0 Å². The number of hydrogen-bond acceptors (Lipinski definition) is 3. The van der Waals surface area contributed by atoms with Crippen molar-refractivity contribution >= 4 is 0 Å². The van der Waals surface area contributed by atoms with Gasteiger partial charge in [0.2, 0.25) is 0 Å². The third-order valence-electron chi connectivity index (χ3n) is 1.81. The zero-order valence-corrected chi connectivity index (χ0v) is 7.64. The summed E-state index contributed by atoms with van der Waals surface area (Å²) >= 11 is 0. The Morgan fingerprint density at radius 3 is 2.85 bits per heavy atom. The number of hydrogen-bond donors (Lipinski definition) is 1. The Morgan fingerprint density at radius 2 is 2.38 bits per heavy atom. The molecule has 0 aliphatic heterocycles. The van der Waals surface area contributed by atoms with Crippen LogP contribution in [0.4, 0.5) is 0 Å². The largest absolute Gasteiger partial charge is 0.328 e. The maximum Gasteiger partial charge on any atom is 0.0899 e. The minimum absolute atomic E-state index is 0.0339. The molecule has 0 aliphatic carbocycles. The molecule has 0 saturated carbocycles. The molecule has 2 atom stereocenters. The first-order valence-corrected chi connectivity index (χ1v) is 4.30. The second-order valence-corrected chi connectivity index (χ2v) is 3.15. The van der Waals surface area contributed by atoms with Crippen molar-refractivity contribution in [3.63, 3.8) is 0 Å². The molecule has 1 aromatic heterocycles. The fourth-order valence-electron chi connectivity index (χ4n) is 1.19. The Kier molecular flexibility index (Phi) is 3.41. The molecule has 0 bridgehead atoms. The lowest BCUT2D eigenvalue weighted by Crippen LogP contribution is -2.18. The van der Waals surface area contributed by atoms with Crippen LogP contribution in [-0.2, 0) is 0 Å². The molecule has 0 aromatic carbocycles. The molecule has 3 nitrogen and oxygen atoms in total. The van der Waals surface area contributed by atoms with Crippen LogP contribution in [-0.4, -0.2) is 11.0 Å². The van der Waals surface area contributed by atoms with Gasteiger partial charge in [0, 0.05) is 12.2 Å². The van der Waals surface area contributed by atoms with Gasteiger partial charge >= 0.3 is 0 Å². The first kappa shape index (κ1) is 9.69. The smallest absolute Gasteiger partial charge is 0.0899 e. The van der Waals surface area contributed by atoms with E-state index in [0.717, 1.165) is 5.69 Å². The van der Waals surface area contributed by atoms with E-state index in [0.29, 0.717) is 6.42 Å². The van der Waals surface area contributed by atoms with Crippen LogP contribution >= 0.6 is 0 Å². The quantitative estimate of drug-likeness (QED) is 0.755. The summed E-state index contributed by atoms with van der Waals surface area (Å²) in [6.07, 6.45) is 2.36. The van der Waals surface area contributed by atoms with E-state index in [1.807, 2.05) is 25.1 Å². The Morgan fingerprint density at radius 1 is 1.62 bits per heavy atom. The molecule has 0 radical (unpaired) electrons. The molecule has 0 fully saturated rings. The van der Waals surface area contributed by atoms with Crippen molar-refractivity contribution < 1.29 is 0 Å². The van der Waals surface area contributed by atoms with Crippen LogP contribution in [0.5, 0.6) is 0 Å². The second kappa shape index (κ2) is 4.58. The van der Waals surface area contributed by atoms with E-state index in [4.69, 9.17) is 11.0 Å². The average molecular weight is 175 g/mol. The minimum atomic E-state index is -0.179. The van der Waals surface area contributed by atoms with Crippen molar-refractivity contribution in [1.82, 2.24) is 4.98 Å². The highest BCUT2D eigenvalue weighted by molar-refractivity contribution is 5.16. The molecule has 0 spiro atoms. The number of pyridine rings is 1. The zero-order valence-electron chi connectivity index (χ0n) is 7.64. The maximum absolute atomic E-state index is 8.88. The Hall–Kier alpha value is -1.40. The summed E-state index contributed by atoms with van der Waals surface area (Å²) < 4.78 is 0. The lowest BCUT2D eigenvalue weighted by atomic mass is 9.99. The molecule has 2 N–H and O–H groups in total. The Labute approximate surface area is 78.2 Å². The van der Waals surface area contributed by atoms with Gasteiger partial charge in [-0.15, -0.1) is 0 Å². The first-order chi connectivity index (χ1) is 6.24. The summed E-state index contributed by atoms with van der Waals surface area (Å²) in [7, 11) is 0. The van der Waals surface area contributed by atoms with Crippen LogP contribution < -0.4 is 5.73 Å². The van der Waals surface area contributed by atoms with Gasteiger partial charge in [0.25, 0.3) is 0 Å². The van der Waals surface area contributed by atoms with Crippen molar-refractivity contribution in [3.05, 3.63) is 30.1 Å². The highest BCUT2D eigenvalue weighted by Crippen LogP contribution is 2.16. The molecule has 13 heavy (non-hydrogen) atoms. The molecule has 68 valence electrons. The number of nitriles is 1. The second-order valence-electron chi connectivity index (χ2n) is 3.15. The van der Waals surface area contributed by atoms with Crippen molar-refractivity contribution in [2.24, 2.45) is 5.73 Å². The van der Waals surface area contributed by atoms with Gasteiger partial charge in [-0.05, 0) is 25.5 Å². The van der Waals surface area contributed by atoms with Crippen LogP contribution in [0.2, 0.25) is 0 Å². The van der Waals surface area contributed by atoms with Crippen molar-refractivity contribution in [3.8, 4) is 6.07 Å². The third kappa shape index (κ3) is 2.85. The van der Waals surface area contributed by atoms with Gasteiger partial charge in [-0.3, -0.25) is 4.98 Å². The van der Waals surface area contributed by atoms with Gasteiger partial charge < -0.3 is 5.73 Å². The van der Waals surface area contributed by atoms with Crippen LogP contribution in [0, 0.1) is 11.3 Å². The highest BCUT2D eigenvalue weighted by atomic mass is 14.7. The average Bonchev–Trinajstić information content (AvgIpc) is 2.15. The predicted molar refractivity (Wildman–Crippen MR) is 50.9 cm³/mol. The van der Waals surface area contributed by atoms with E-state index in [-0.39, 0.29) is 12.0 Å². The van der Waals surface area contributed by atoms with E-state index in [1.165, 1.54) is 0 Å². The van der Waals surface area contributed by atoms with Crippen LogP contribution in [0.3, 0.4) is 0 Å². The molecule has 0 aliphatic rings. The maximum atomic E-state index is 8.88.